The van der Waals surface area contributed by atoms with Gasteiger partial charge in [-0.3, -0.25) is 0 Å². The predicted molar refractivity (Wildman–Crippen MR) is 62.3 cm³/mol. The van der Waals surface area contributed by atoms with Crippen LogP contribution in [0.25, 0.3) is 0 Å². The van der Waals surface area contributed by atoms with Crippen LogP contribution >= 0.6 is 12.6 Å². The van der Waals surface area contributed by atoms with E-state index < -0.39 is 10.2 Å². The van der Waals surface area contributed by atoms with Crippen LogP contribution in [-0.4, -0.2) is 14.3 Å². The molecule has 0 aliphatic heterocycles. The zero-order chi connectivity index (χ0) is 11.6. The molecule has 0 unspecified atom stereocenters. The smallest absolute Gasteiger partial charge is 0.319 e. The van der Waals surface area contributed by atoms with Gasteiger partial charge in [0.25, 0.3) is 0 Å². The molecule has 0 saturated heterocycles. The van der Waals surface area contributed by atoms with E-state index in [1.807, 2.05) is 0 Å². The molecule has 1 aromatic carbocycles. The van der Waals surface area contributed by atoms with Gasteiger partial charge in [0.2, 0.25) is 0 Å². The molecule has 0 spiro atoms. The van der Waals surface area contributed by atoms with Crippen molar-refractivity contribution in [2.24, 2.45) is 15.3 Å². The summed E-state index contributed by atoms with van der Waals surface area (Å²) >= 11 is 4.16. The first-order chi connectivity index (χ1) is 6.81. The number of nitrogens with zero attached hydrogens (tertiary/aromatic N) is 1. The molecule has 0 radical (unpaired) electrons. The fourth-order valence-corrected chi connectivity index (χ4v) is 1.91. The fraction of sp³-hybridized carbons (Fsp3) is 0.125. The minimum Gasteiger partial charge on any atom is -0.382 e. The maximum absolute atomic E-state index is 10.7. The Balaban J connectivity index is 3.35. The van der Waals surface area contributed by atoms with Gasteiger partial charge in [0.15, 0.2) is 0 Å². The van der Waals surface area contributed by atoms with Crippen LogP contribution in [0, 0.1) is 6.92 Å². The van der Waals surface area contributed by atoms with Crippen molar-refractivity contribution >= 4 is 28.7 Å². The van der Waals surface area contributed by atoms with Gasteiger partial charge in [-0.25, -0.2) is 5.14 Å². The second-order valence-electron chi connectivity index (χ2n) is 2.96. The van der Waals surface area contributed by atoms with Crippen molar-refractivity contribution in [1.82, 2.24) is 0 Å². The van der Waals surface area contributed by atoms with E-state index in [0.717, 1.165) is 5.56 Å². The third kappa shape index (κ3) is 3.22. The molecule has 15 heavy (non-hydrogen) atoms. The second-order valence-corrected chi connectivity index (χ2v) is 4.65. The average Bonchev–Trinajstić information content (AvgIpc) is 1.99. The number of benzene rings is 1. The Bertz CT molecular complexity index is 488. The molecule has 0 aliphatic rings. The van der Waals surface area contributed by atoms with Gasteiger partial charge >= 0.3 is 10.2 Å². The highest BCUT2D eigenvalue weighted by Crippen LogP contribution is 2.17. The molecule has 0 bridgehead atoms. The van der Waals surface area contributed by atoms with E-state index in [1.165, 1.54) is 0 Å². The highest BCUT2D eigenvalue weighted by atomic mass is 32.2. The lowest BCUT2D eigenvalue weighted by Gasteiger charge is -2.07. The average molecular weight is 245 g/mol. The van der Waals surface area contributed by atoms with E-state index in [9.17, 15) is 8.42 Å². The van der Waals surface area contributed by atoms with Crippen molar-refractivity contribution < 1.29 is 8.42 Å². The van der Waals surface area contributed by atoms with Crippen LogP contribution in [0.2, 0.25) is 0 Å². The maximum Gasteiger partial charge on any atom is 0.319 e. The SMILES string of the molecule is Cc1cccc(S)c1C(N)=NS(N)(=O)=O. The Morgan fingerprint density at radius 2 is 2.07 bits per heavy atom. The van der Waals surface area contributed by atoms with E-state index >= 15 is 0 Å². The molecule has 0 fully saturated rings. The number of thiol groups is 1. The van der Waals surface area contributed by atoms with Gasteiger partial charge in [-0.05, 0) is 18.6 Å². The molecule has 0 aliphatic carbocycles. The van der Waals surface area contributed by atoms with Gasteiger partial charge in [0, 0.05) is 10.5 Å². The van der Waals surface area contributed by atoms with Crippen LogP contribution in [0.1, 0.15) is 11.1 Å². The first-order valence-corrected chi connectivity index (χ1v) is 5.93. The summed E-state index contributed by atoms with van der Waals surface area (Å²) in [5.41, 5.74) is 6.79. The van der Waals surface area contributed by atoms with Crippen LogP contribution in [0.15, 0.2) is 27.5 Å². The molecule has 0 saturated carbocycles. The molecule has 0 amide bonds. The lowest BCUT2D eigenvalue weighted by atomic mass is 10.1. The summed E-state index contributed by atoms with van der Waals surface area (Å²) in [6.45, 7) is 1.78. The fourth-order valence-electron chi connectivity index (χ4n) is 1.17. The van der Waals surface area contributed by atoms with E-state index in [0.29, 0.717) is 10.5 Å². The van der Waals surface area contributed by atoms with Crippen molar-refractivity contribution in [3.05, 3.63) is 29.3 Å². The van der Waals surface area contributed by atoms with Crippen molar-refractivity contribution in [1.29, 1.82) is 0 Å². The molecule has 1 rings (SSSR count). The molecule has 1 aromatic rings. The number of aryl methyl sites for hydroxylation is 1. The number of rotatable bonds is 2. The summed E-state index contributed by atoms with van der Waals surface area (Å²) in [6, 6.07) is 5.25. The summed E-state index contributed by atoms with van der Waals surface area (Å²) in [7, 11) is -3.98. The largest absolute Gasteiger partial charge is 0.382 e. The Kier molecular flexibility index (Phi) is 3.38. The molecule has 0 aromatic heterocycles. The Morgan fingerprint density at radius 1 is 1.47 bits per heavy atom. The quantitative estimate of drug-likeness (QED) is 0.394. The molecular weight excluding hydrogens is 234 g/mol. The minimum atomic E-state index is -3.98. The van der Waals surface area contributed by atoms with Crippen LogP contribution in [-0.2, 0) is 10.2 Å². The molecule has 5 nitrogen and oxygen atoms in total. The van der Waals surface area contributed by atoms with Crippen LogP contribution in [0.5, 0.6) is 0 Å². The van der Waals surface area contributed by atoms with E-state index in [4.69, 9.17) is 10.9 Å². The van der Waals surface area contributed by atoms with Crippen LogP contribution < -0.4 is 10.9 Å². The Morgan fingerprint density at radius 3 is 2.53 bits per heavy atom. The summed E-state index contributed by atoms with van der Waals surface area (Å²) in [5, 5.41) is 4.75. The second kappa shape index (κ2) is 4.21. The highest BCUT2D eigenvalue weighted by molar-refractivity contribution is 7.88. The van der Waals surface area contributed by atoms with Gasteiger partial charge in [-0.2, -0.15) is 8.42 Å². The third-order valence-electron chi connectivity index (χ3n) is 1.73. The molecule has 82 valence electrons. The summed E-state index contributed by atoms with van der Waals surface area (Å²) < 4.78 is 24.6. The Hall–Kier alpha value is -1.05. The number of amidine groups is 1. The Labute approximate surface area is 93.8 Å². The summed E-state index contributed by atoms with van der Waals surface area (Å²) in [5.74, 6) is -0.152. The third-order valence-corrected chi connectivity index (χ3v) is 2.56. The number of hydrogen-bond donors (Lipinski definition) is 3. The molecule has 7 heteroatoms. The monoisotopic (exact) mass is 245 g/mol. The summed E-state index contributed by atoms with van der Waals surface area (Å²) in [4.78, 5) is 0.555. The van der Waals surface area contributed by atoms with Gasteiger partial charge < -0.3 is 5.73 Å². The zero-order valence-electron chi connectivity index (χ0n) is 8.01. The summed E-state index contributed by atoms with van der Waals surface area (Å²) in [6.07, 6.45) is 0. The predicted octanol–water partition coefficient (Wildman–Crippen LogP) is 0.193. The van der Waals surface area contributed by atoms with Crippen molar-refractivity contribution in [2.45, 2.75) is 11.8 Å². The first-order valence-electron chi connectivity index (χ1n) is 3.98. The van der Waals surface area contributed by atoms with Gasteiger partial charge in [-0.15, -0.1) is 17.0 Å². The highest BCUT2D eigenvalue weighted by Gasteiger charge is 2.09. The van der Waals surface area contributed by atoms with Crippen molar-refractivity contribution in [3.63, 3.8) is 0 Å². The van der Waals surface area contributed by atoms with Gasteiger partial charge in [0.1, 0.15) is 5.84 Å². The normalized spacial score (nSPS) is 12.9. The molecule has 0 heterocycles. The minimum absolute atomic E-state index is 0.152. The molecule has 4 N–H and O–H groups in total. The maximum atomic E-state index is 10.7. The molecular formula is C8H11N3O2S2. The van der Waals surface area contributed by atoms with Gasteiger partial charge in [-0.1, -0.05) is 12.1 Å². The molecule has 0 atom stereocenters. The van der Waals surface area contributed by atoms with E-state index in [-0.39, 0.29) is 5.84 Å². The van der Waals surface area contributed by atoms with E-state index in [1.54, 1.807) is 25.1 Å². The topological polar surface area (TPSA) is 98.5 Å². The van der Waals surface area contributed by atoms with Crippen LogP contribution in [0.3, 0.4) is 0 Å². The van der Waals surface area contributed by atoms with Crippen molar-refractivity contribution in [2.75, 3.05) is 0 Å². The number of hydrogen-bond acceptors (Lipinski definition) is 3. The zero-order valence-corrected chi connectivity index (χ0v) is 9.72. The van der Waals surface area contributed by atoms with E-state index in [2.05, 4.69) is 17.0 Å². The first kappa shape index (κ1) is 12.0. The van der Waals surface area contributed by atoms with Crippen molar-refractivity contribution in [3.8, 4) is 0 Å². The lowest BCUT2D eigenvalue weighted by Crippen LogP contribution is -2.20. The van der Waals surface area contributed by atoms with Gasteiger partial charge in [0.05, 0.1) is 0 Å². The lowest BCUT2D eigenvalue weighted by molar-refractivity contribution is 0.599. The van der Waals surface area contributed by atoms with Crippen LogP contribution in [0.4, 0.5) is 0 Å². The number of nitrogens with two attached hydrogens (primary N) is 2. The standard InChI is InChI=1S/C8H11N3O2S2/c1-5-3-2-4-6(14)7(5)8(9)11-15(10,12)13/h2-4,14H,1H3,(H2,9,11)(H2,10,12,13).